The lowest BCUT2D eigenvalue weighted by Crippen LogP contribution is -2.48. The van der Waals surface area contributed by atoms with Crippen molar-refractivity contribution in [1.82, 2.24) is 10.6 Å². The molecule has 0 spiro atoms. The van der Waals surface area contributed by atoms with Crippen LogP contribution in [0, 0.1) is 0 Å². The molecular formula is C31H30Cl2N2OPS+. The number of hydrogen-bond acceptors (Lipinski definition) is 2. The molecule has 2 amide bonds. The van der Waals surface area contributed by atoms with E-state index >= 15 is 0 Å². The molecule has 0 radical (unpaired) electrons. The van der Waals surface area contributed by atoms with Crippen molar-refractivity contribution < 1.29 is 4.79 Å². The predicted octanol–water partition coefficient (Wildman–Crippen LogP) is 7.89. The number of thioether (sulfide) groups is 1. The first-order valence-electron chi connectivity index (χ1n) is 12.2. The highest BCUT2D eigenvalue weighted by atomic mass is 35.5. The Bertz CT molecular complexity index is 1290. The van der Waals surface area contributed by atoms with Gasteiger partial charge in [0, 0.05) is 15.5 Å². The minimum atomic E-state index is -2.66. The largest absolute Gasteiger partial charge is 0.333 e. The summed E-state index contributed by atoms with van der Waals surface area (Å²) in [5, 5.41) is 10.2. The lowest BCUT2D eigenvalue weighted by atomic mass is 10.1. The Kier molecular flexibility index (Phi) is 9.23. The van der Waals surface area contributed by atoms with Crippen molar-refractivity contribution in [2.45, 2.75) is 31.2 Å². The Labute approximate surface area is 240 Å². The SMILES string of the molecule is CC(C)(C)NC(=O)NC(=C(Cl)Sc1ccc(Cl)cc1)[P+](c1ccccc1)(c1ccccc1)c1ccccc1. The second-order valence-corrected chi connectivity index (χ2v) is 15.1. The number of hydrogen-bond donors (Lipinski definition) is 2. The maximum Gasteiger partial charge on any atom is 0.322 e. The van der Waals surface area contributed by atoms with Crippen LogP contribution >= 0.6 is 42.2 Å². The molecule has 0 aliphatic rings. The van der Waals surface area contributed by atoms with Gasteiger partial charge in [0.05, 0.1) is 0 Å². The molecule has 0 heterocycles. The third-order valence-corrected chi connectivity index (χ3v) is 11.8. The number of benzene rings is 4. The highest BCUT2D eigenvalue weighted by Gasteiger charge is 2.52. The summed E-state index contributed by atoms with van der Waals surface area (Å²) in [5.41, 5.74) is 0.239. The normalized spacial score (nSPS) is 12.4. The molecule has 0 aliphatic heterocycles. The van der Waals surface area contributed by atoms with Crippen molar-refractivity contribution in [1.29, 1.82) is 0 Å². The fraction of sp³-hybridized carbons (Fsp3) is 0.129. The summed E-state index contributed by atoms with van der Waals surface area (Å²) >= 11 is 14.8. The van der Waals surface area contributed by atoms with Crippen LogP contribution in [0.2, 0.25) is 5.02 Å². The van der Waals surface area contributed by atoms with Gasteiger partial charge in [0.1, 0.15) is 20.3 Å². The summed E-state index contributed by atoms with van der Waals surface area (Å²) in [6.45, 7) is 5.86. The lowest BCUT2D eigenvalue weighted by molar-refractivity contribution is 0.235. The average Bonchev–Trinajstić information content (AvgIpc) is 2.91. The van der Waals surface area contributed by atoms with E-state index in [-0.39, 0.29) is 6.03 Å². The Morgan fingerprint density at radius 3 is 1.53 bits per heavy atom. The van der Waals surface area contributed by atoms with Crippen LogP contribution in [0.25, 0.3) is 0 Å². The topological polar surface area (TPSA) is 41.1 Å². The lowest BCUT2D eigenvalue weighted by Gasteiger charge is -2.31. The van der Waals surface area contributed by atoms with Gasteiger partial charge in [-0.3, -0.25) is 5.32 Å². The van der Waals surface area contributed by atoms with Gasteiger partial charge in [-0.1, -0.05) is 89.6 Å². The molecule has 4 aromatic carbocycles. The Morgan fingerprint density at radius 2 is 1.13 bits per heavy atom. The number of nitrogens with one attached hydrogen (secondary N) is 2. The minimum absolute atomic E-state index is 0.311. The van der Waals surface area contributed by atoms with Crippen molar-refractivity contribution in [3.8, 4) is 0 Å². The molecule has 2 N–H and O–H groups in total. The molecule has 0 fully saturated rings. The van der Waals surface area contributed by atoms with Crippen molar-refractivity contribution in [2.24, 2.45) is 0 Å². The molecule has 4 rings (SSSR count). The van der Waals surface area contributed by atoms with E-state index in [1.807, 2.05) is 99.6 Å². The second-order valence-electron chi connectivity index (χ2n) is 9.68. The molecule has 7 heteroatoms. The van der Waals surface area contributed by atoms with Gasteiger partial charge < -0.3 is 5.32 Å². The molecule has 0 saturated carbocycles. The third-order valence-electron chi connectivity index (χ3n) is 5.69. The third kappa shape index (κ3) is 6.62. The van der Waals surface area contributed by atoms with E-state index in [1.165, 1.54) is 11.8 Å². The van der Waals surface area contributed by atoms with Crippen LogP contribution in [0.4, 0.5) is 4.79 Å². The monoisotopic (exact) mass is 579 g/mol. The van der Waals surface area contributed by atoms with Crippen LogP contribution < -0.4 is 26.5 Å². The van der Waals surface area contributed by atoms with E-state index in [2.05, 4.69) is 47.0 Å². The molecule has 0 aliphatic carbocycles. The molecule has 194 valence electrons. The van der Waals surface area contributed by atoms with Crippen molar-refractivity contribution in [3.05, 3.63) is 130 Å². The van der Waals surface area contributed by atoms with E-state index in [0.29, 0.717) is 14.8 Å². The molecule has 3 nitrogen and oxygen atoms in total. The average molecular weight is 581 g/mol. The van der Waals surface area contributed by atoms with Gasteiger partial charge in [0.25, 0.3) is 0 Å². The number of rotatable bonds is 7. The summed E-state index contributed by atoms with van der Waals surface area (Å²) < 4.78 is 0.487. The van der Waals surface area contributed by atoms with E-state index in [4.69, 9.17) is 23.2 Å². The van der Waals surface area contributed by atoms with Gasteiger partial charge in [-0.05, 0) is 81.4 Å². The summed E-state index contributed by atoms with van der Waals surface area (Å²) in [4.78, 5) is 14.4. The van der Waals surface area contributed by atoms with Crippen molar-refractivity contribution in [2.75, 3.05) is 0 Å². The van der Waals surface area contributed by atoms with E-state index < -0.39 is 12.8 Å². The molecular weight excluding hydrogens is 550 g/mol. The molecule has 0 bridgehead atoms. The van der Waals surface area contributed by atoms with Crippen molar-refractivity contribution in [3.63, 3.8) is 0 Å². The van der Waals surface area contributed by atoms with Gasteiger partial charge in [-0.25, -0.2) is 4.79 Å². The molecule has 0 aromatic heterocycles. The Hall–Kier alpha value is -2.75. The summed E-state index contributed by atoms with van der Waals surface area (Å²) in [5.74, 6) is 0. The fourth-order valence-electron chi connectivity index (χ4n) is 4.19. The van der Waals surface area contributed by atoms with Crippen LogP contribution in [0.5, 0.6) is 0 Å². The molecule has 4 aromatic rings. The zero-order valence-electron chi connectivity index (χ0n) is 21.5. The number of urea groups is 1. The number of carbonyl (C=O) groups excluding carboxylic acids is 1. The molecule has 0 unspecified atom stereocenters. The maximum atomic E-state index is 13.5. The zero-order valence-corrected chi connectivity index (χ0v) is 24.7. The van der Waals surface area contributed by atoms with Crippen LogP contribution in [0.15, 0.2) is 130 Å². The van der Waals surface area contributed by atoms with Gasteiger partial charge in [-0.2, -0.15) is 0 Å². The zero-order chi connectivity index (χ0) is 27.2. The van der Waals surface area contributed by atoms with Gasteiger partial charge in [0.15, 0.2) is 7.26 Å². The van der Waals surface area contributed by atoms with E-state index in [1.54, 1.807) is 0 Å². The number of carbonyl (C=O) groups is 1. The fourth-order valence-corrected chi connectivity index (χ4v) is 10.2. The Morgan fingerprint density at radius 1 is 0.711 bits per heavy atom. The molecule has 38 heavy (non-hydrogen) atoms. The van der Waals surface area contributed by atoms with Crippen LogP contribution in [0.1, 0.15) is 20.8 Å². The van der Waals surface area contributed by atoms with E-state index in [9.17, 15) is 4.79 Å². The Balaban J connectivity index is 2.04. The summed E-state index contributed by atoms with van der Waals surface area (Å²) in [7, 11) is -2.66. The number of halogens is 2. The highest BCUT2D eigenvalue weighted by molar-refractivity contribution is 8.06. The van der Waals surface area contributed by atoms with E-state index in [0.717, 1.165) is 20.8 Å². The number of amides is 2. The summed E-state index contributed by atoms with van der Waals surface area (Å²) in [6, 6.07) is 38.1. The first kappa shape index (κ1) is 28.3. The molecule has 0 atom stereocenters. The predicted molar refractivity (Wildman–Crippen MR) is 167 cm³/mol. The van der Waals surface area contributed by atoms with Crippen LogP contribution in [-0.4, -0.2) is 11.6 Å². The second kappa shape index (κ2) is 12.4. The first-order valence-corrected chi connectivity index (χ1v) is 15.5. The molecule has 0 saturated heterocycles. The van der Waals surface area contributed by atoms with Crippen LogP contribution in [-0.2, 0) is 0 Å². The van der Waals surface area contributed by atoms with Gasteiger partial charge in [0.2, 0.25) is 5.44 Å². The summed E-state index contributed by atoms with van der Waals surface area (Å²) in [6.07, 6.45) is 0. The standard InChI is InChI=1S/C31H29Cl2N2OPS/c1-31(2,3)35-30(36)34-29(28(33)38-27-21-19-23(32)20-22-27)37(24-13-7-4-8-14-24,25-15-9-5-10-16-25)26-17-11-6-12-18-26/h4-22H,1-3H3,(H-,34,35,36)/p+1. The highest BCUT2D eigenvalue weighted by Crippen LogP contribution is 2.63. The van der Waals surface area contributed by atoms with Crippen molar-refractivity contribution >= 4 is 64.2 Å². The first-order chi connectivity index (χ1) is 18.2. The smallest absolute Gasteiger partial charge is 0.322 e. The van der Waals surface area contributed by atoms with Gasteiger partial charge in [-0.15, -0.1) is 0 Å². The quantitative estimate of drug-likeness (QED) is 0.172. The van der Waals surface area contributed by atoms with Crippen LogP contribution in [0.3, 0.4) is 0 Å². The maximum absolute atomic E-state index is 13.5. The minimum Gasteiger partial charge on any atom is -0.333 e. The van der Waals surface area contributed by atoms with Gasteiger partial charge >= 0.3 is 6.03 Å².